The zero-order chi connectivity index (χ0) is 29.5. The minimum absolute atomic E-state index is 0.0198. The van der Waals surface area contributed by atoms with Crippen molar-refractivity contribution >= 4 is 33.2 Å². The zero-order valence-electron chi connectivity index (χ0n) is 24.5. The van der Waals surface area contributed by atoms with E-state index in [1.807, 2.05) is 25.1 Å². The van der Waals surface area contributed by atoms with Gasteiger partial charge in [-0.3, -0.25) is 4.79 Å². The summed E-state index contributed by atoms with van der Waals surface area (Å²) in [7, 11) is -2.09. The maximum Gasteiger partial charge on any atom is 0.264 e. The summed E-state index contributed by atoms with van der Waals surface area (Å²) in [6.45, 7) is 3.92. The molecule has 2 aromatic carbocycles. The number of methoxy groups -OCH3 is 1. The molecule has 226 valence electrons. The highest BCUT2D eigenvalue weighted by molar-refractivity contribution is 7.90. The van der Waals surface area contributed by atoms with Crippen molar-refractivity contribution in [3.8, 4) is 5.75 Å². The number of ether oxygens (including phenoxy) is 2. The van der Waals surface area contributed by atoms with E-state index < -0.39 is 21.2 Å². The third-order valence-electron chi connectivity index (χ3n) is 10.0. The number of hydrogen-bond donors (Lipinski definition) is 1. The summed E-state index contributed by atoms with van der Waals surface area (Å²) in [5.74, 6) is 0.915. The van der Waals surface area contributed by atoms with Gasteiger partial charge in [-0.25, -0.2) is 13.1 Å². The highest BCUT2D eigenvalue weighted by Crippen LogP contribution is 2.47. The van der Waals surface area contributed by atoms with E-state index in [4.69, 9.17) is 21.1 Å². The second-order valence-corrected chi connectivity index (χ2v) is 14.9. The lowest BCUT2D eigenvalue weighted by Crippen LogP contribution is -2.49. The number of anilines is 1. The lowest BCUT2D eigenvalue weighted by molar-refractivity contribution is 0.0132. The molecule has 0 aromatic heterocycles. The molecular weight excluding hydrogens is 572 g/mol. The summed E-state index contributed by atoms with van der Waals surface area (Å²) in [4.78, 5) is 15.8. The van der Waals surface area contributed by atoms with Gasteiger partial charge in [-0.15, -0.1) is 0 Å². The van der Waals surface area contributed by atoms with Gasteiger partial charge in [0, 0.05) is 36.2 Å². The van der Waals surface area contributed by atoms with Crippen LogP contribution in [0.2, 0.25) is 5.02 Å². The number of nitrogens with one attached hydrogen (secondary N) is 1. The molecule has 7 nitrogen and oxygen atoms in total. The van der Waals surface area contributed by atoms with Crippen LogP contribution < -0.4 is 14.4 Å². The first-order chi connectivity index (χ1) is 20.2. The summed E-state index contributed by atoms with van der Waals surface area (Å²) in [6.07, 6.45) is 10.9. The number of aryl methyl sites for hydroxylation is 1. The van der Waals surface area contributed by atoms with Gasteiger partial charge in [-0.05, 0) is 105 Å². The SMILES string of the molecule is CC[C@@H]1CC/C=C/[C@@H](OC)[C@@H]2CC[C@H]2CN2C[C@@]3(CCCc4cc(Cl)ccc43)COc3ccc(cc32)C(=O)NS1(=O)=O. The predicted octanol–water partition coefficient (Wildman–Crippen LogP) is 6.04. The first-order valence-electron chi connectivity index (χ1n) is 15.3. The number of carbonyl (C=O) groups is 1. The van der Waals surface area contributed by atoms with Gasteiger partial charge in [-0.1, -0.05) is 36.7 Å². The molecule has 1 N–H and O–H groups in total. The molecule has 1 amide bonds. The van der Waals surface area contributed by atoms with Crippen molar-refractivity contribution in [2.24, 2.45) is 11.8 Å². The van der Waals surface area contributed by atoms with Crippen molar-refractivity contribution in [1.82, 2.24) is 4.72 Å². The number of carbonyl (C=O) groups excluding carboxylic acids is 1. The number of fused-ring (bicyclic) bond motifs is 4. The van der Waals surface area contributed by atoms with Crippen molar-refractivity contribution in [3.63, 3.8) is 0 Å². The molecule has 2 heterocycles. The highest BCUT2D eigenvalue weighted by Gasteiger charge is 2.44. The van der Waals surface area contributed by atoms with Crippen LogP contribution in [0.4, 0.5) is 5.69 Å². The molecule has 0 unspecified atom stereocenters. The lowest BCUT2D eigenvalue weighted by Gasteiger charge is -2.46. The fraction of sp³-hybridized carbons (Fsp3) is 0.545. The van der Waals surface area contributed by atoms with Crippen LogP contribution in [0, 0.1) is 11.8 Å². The summed E-state index contributed by atoms with van der Waals surface area (Å²) >= 11 is 6.40. The van der Waals surface area contributed by atoms with E-state index >= 15 is 0 Å². The fourth-order valence-electron chi connectivity index (χ4n) is 7.55. The third kappa shape index (κ3) is 5.58. The molecule has 1 spiro atoms. The van der Waals surface area contributed by atoms with Crippen molar-refractivity contribution in [1.29, 1.82) is 0 Å². The zero-order valence-corrected chi connectivity index (χ0v) is 26.1. The van der Waals surface area contributed by atoms with Gasteiger partial charge < -0.3 is 14.4 Å². The van der Waals surface area contributed by atoms with E-state index in [0.29, 0.717) is 43.3 Å². The number of nitrogens with zero attached hydrogens (tertiary/aromatic N) is 1. The van der Waals surface area contributed by atoms with Gasteiger partial charge in [-0.2, -0.15) is 0 Å². The Balaban J connectivity index is 1.42. The number of hydrogen-bond acceptors (Lipinski definition) is 6. The first kappa shape index (κ1) is 29.5. The molecule has 0 saturated heterocycles. The van der Waals surface area contributed by atoms with E-state index in [9.17, 15) is 13.2 Å². The third-order valence-corrected chi connectivity index (χ3v) is 12.2. The van der Waals surface area contributed by atoms with Crippen LogP contribution in [0.3, 0.4) is 0 Å². The van der Waals surface area contributed by atoms with Crippen LogP contribution in [0.25, 0.3) is 0 Å². The minimum atomic E-state index is -3.85. The van der Waals surface area contributed by atoms with E-state index in [1.165, 1.54) is 11.1 Å². The first-order valence-corrected chi connectivity index (χ1v) is 17.2. The van der Waals surface area contributed by atoms with Crippen molar-refractivity contribution in [3.05, 3.63) is 70.3 Å². The Morgan fingerprint density at radius 3 is 2.79 bits per heavy atom. The van der Waals surface area contributed by atoms with Crippen LogP contribution >= 0.6 is 11.6 Å². The average molecular weight is 613 g/mol. The second kappa shape index (κ2) is 11.9. The maximum absolute atomic E-state index is 13.4. The number of allylic oxidation sites excluding steroid dienone is 1. The molecule has 4 aliphatic rings. The topological polar surface area (TPSA) is 84.9 Å². The maximum atomic E-state index is 13.4. The summed E-state index contributed by atoms with van der Waals surface area (Å²) in [6, 6.07) is 11.6. The quantitative estimate of drug-likeness (QED) is 0.416. The van der Waals surface area contributed by atoms with Crippen LogP contribution in [0.5, 0.6) is 5.75 Å². The van der Waals surface area contributed by atoms with Gasteiger partial charge in [0.05, 0.1) is 23.6 Å². The Morgan fingerprint density at radius 2 is 2.02 bits per heavy atom. The Labute approximate surface area is 254 Å². The van der Waals surface area contributed by atoms with Crippen LogP contribution in [-0.2, 0) is 26.6 Å². The van der Waals surface area contributed by atoms with Crippen LogP contribution in [0.1, 0.15) is 73.4 Å². The van der Waals surface area contributed by atoms with E-state index in [2.05, 4.69) is 33.9 Å². The predicted molar refractivity (Wildman–Crippen MR) is 166 cm³/mol. The van der Waals surface area contributed by atoms with Gasteiger partial charge >= 0.3 is 0 Å². The van der Waals surface area contributed by atoms with Gasteiger partial charge in [0.25, 0.3) is 5.91 Å². The molecule has 2 aliphatic carbocycles. The van der Waals surface area contributed by atoms with Crippen LogP contribution in [0.15, 0.2) is 48.6 Å². The molecule has 6 rings (SSSR count). The Bertz CT molecular complexity index is 1480. The molecule has 0 radical (unpaired) electrons. The largest absolute Gasteiger partial charge is 0.490 e. The monoisotopic (exact) mass is 612 g/mol. The second-order valence-electron chi connectivity index (χ2n) is 12.5. The highest BCUT2D eigenvalue weighted by atomic mass is 35.5. The Hall–Kier alpha value is -2.55. The number of halogens is 1. The molecule has 2 aliphatic heterocycles. The molecule has 42 heavy (non-hydrogen) atoms. The van der Waals surface area contributed by atoms with Gasteiger partial charge in [0.1, 0.15) is 5.75 Å². The molecule has 1 fully saturated rings. The van der Waals surface area contributed by atoms with E-state index in [1.54, 1.807) is 13.2 Å². The molecule has 2 aromatic rings. The summed E-state index contributed by atoms with van der Waals surface area (Å²) in [5.41, 5.74) is 3.50. The molecule has 1 saturated carbocycles. The number of rotatable bonds is 2. The smallest absolute Gasteiger partial charge is 0.264 e. The standard InChI is InChI=1S/C33H41ClN2O5S/c1-3-26-8-4-5-9-30(40-2)27-13-10-24(27)19-36-20-33(16-6-7-22-17-25(34)12-14-28(22)33)21-41-31-15-11-23(18-29(31)36)32(37)35-42(26,38)39/h5,9,11-12,14-15,17-18,24,26-27,30H,3-4,6-8,10,13,16,19-21H2,1-2H3,(H,35,37)/b9-5+/t24-,26+,27+,30+,33-/m0/s1. The van der Waals surface area contributed by atoms with Crippen LogP contribution in [-0.4, -0.2) is 52.5 Å². The Morgan fingerprint density at radius 1 is 1.17 bits per heavy atom. The van der Waals surface area contributed by atoms with Crippen molar-refractivity contribution in [2.75, 3.05) is 31.7 Å². The van der Waals surface area contributed by atoms with E-state index in [0.717, 1.165) is 61.7 Å². The number of amides is 1. The summed E-state index contributed by atoms with van der Waals surface area (Å²) in [5, 5.41) is 0.0948. The van der Waals surface area contributed by atoms with Crippen molar-refractivity contribution in [2.45, 2.75) is 75.1 Å². The lowest BCUT2D eigenvalue weighted by atomic mass is 9.68. The molecule has 9 heteroatoms. The van der Waals surface area contributed by atoms with Gasteiger partial charge in [0.15, 0.2) is 0 Å². The number of benzene rings is 2. The molecule has 5 atom stereocenters. The summed E-state index contributed by atoms with van der Waals surface area (Å²) < 4.78 is 41.4. The fourth-order valence-corrected chi connectivity index (χ4v) is 9.17. The molecule has 2 bridgehead atoms. The normalized spacial score (nSPS) is 31.5. The minimum Gasteiger partial charge on any atom is -0.490 e. The van der Waals surface area contributed by atoms with E-state index in [-0.39, 0.29) is 11.5 Å². The number of sulfonamides is 1. The van der Waals surface area contributed by atoms with Gasteiger partial charge in [0.2, 0.25) is 10.0 Å². The molecular formula is C33H41ClN2O5S. The Kier molecular flexibility index (Phi) is 8.33. The average Bonchev–Trinajstić information content (AvgIpc) is 3.10. The van der Waals surface area contributed by atoms with Crippen molar-refractivity contribution < 1.29 is 22.7 Å².